The highest BCUT2D eigenvalue weighted by atomic mass is 32.1. The third-order valence-electron chi connectivity index (χ3n) is 3.21. The van der Waals surface area contributed by atoms with E-state index in [1.807, 2.05) is 0 Å². The number of aromatic amines is 1. The summed E-state index contributed by atoms with van der Waals surface area (Å²) in [5, 5.41) is 4.92. The molecule has 7 nitrogen and oxygen atoms in total. The van der Waals surface area contributed by atoms with Crippen LogP contribution >= 0.6 is 11.3 Å². The molecule has 1 amide bonds. The molecule has 0 saturated carbocycles. The van der Waals surface area contributed by atoms with Gasteiger partial charge in [0.2, 0.25) is 0 Å². The van der Waals surface area contributed by atoms with Crippen molar-refractivity contribution in [2.45, 2.75) is 13.5 Å². The molecule has 0 unspecified atom stereocenters. The van der Waals surface area contributed by atoms with Crippen LogP contribution in [0, 0.1) is 0 Å². The fourth-order valence-electron chi connectivity index (χ4n) is 2.19. The third kappa shape index (κ3) is 2.44. The Balaban J connectivity index is 2.07. The van der Waals surface area contributed by atoms with Crippen LogP contribution in [0.2, 0.25) is 0 Å². The zero-order valence-electron chi connectivity index (χ0n) is 11.6. The quantitative estimate of drug-likeness (QED) is 0.714. The molecule has 22 heavy (non-hydrogen) atoms. The Morgan fingerprint density at radius 2 is 2.23 bits per heavy atom. The number of thiazole rings is 1. The number of aromatic nitrogens is 3. The van der Waals surface area contributed by atoms with Crippen molar-refractivity contribution >= 4 is 33.4 Å². The molecule has 0 saturated heterocycles. The van der Waals surface area contributed by atoms with Crippen molar-refractivity contribution in [1.82, 2.24) is 14.5 Å². The maximum Gasteiger partial charge on any atom is 0.316 e. The Bertz CT molecular complexity index is 956. The van der Waals surface area contributed by atoms with Crippen molar-refractivity contribution in [3.05, 3.63) is 56.0 Å². The summed E-state index contributed by atoms with van der Waals surface area (Å²) in [5.74, 6) is -0.327. The van der Waals surface area contributed by atoms with E-state index in [0.29, 0.717) is 28.3 Å². The van der Waals surface area contributed by atoms with Crippen LogP contribution in [0.5, 0.6) is 0 Å². The molecule has 0 atom stereocenters. The number of nitrogens with one attached hydrogen (secondary N) is 2. The standard InChI is InChI=1S/C14H12N4O3S/c1-2-18-10-4-3-8(7-9(10)16-12(20)13(18)21)11(19)17-14-15-5-6-22-14/h3-7H,2H2,1H3,(H,16,20)(H,15,17,19). The summed E-state index contributed by atoms with van der Waals surface area (Å²) >= 11 is 1.31. The van der Waals surface area contributed by atoms with Gasteiger partial charge in [-0.2, -0.15) is 0 Å². The van der Waals surface area contributed by atoms with E-state index in [9.17, 15) is 14.4 Å². The number of carbonyl (C=O) groups is 1. The van der Waals surface area contributed by atoms with Crippen LogP contribution in [0.4, 0.5) is 5.13 Å². The first-order valence-corrected chi connectivity index (χ1v) is 7.46. The number of hydrogen-bond acceptors (Lipinski definition) is 5. The molecular weight excluding hydrogens is 304 g/mol. The van der Waals surface area contributed by atoms with E-state index in [1.54, 1.807) is 36.7 Å². The SMILES string of the molecule is CCn1c(=O)c(=O)[nH]c2cc(C(=O)Nc3nccs3)ccc21. The Morgan fingerprint density at radius 1 is 1.41 bits per heavy atom. The summed E-state index contributed by atoms with van der Waals surface area (Å²) in [5.41, 5.74) is 0.0950. The Labute approximate surface area is 128 Å². The second-order valence-corrected chi connectivity index (χ2v) is 5.42. The summed E-state index contributed by atoms with van der Waals surface area (Å²) in [6, 6.07) is 4.80. The molecule has 2 heterocycles. The van der Waals surface area contributed by atoms with Gasteiger partial charge in [-0.25, -0.2) is 4.98 Å². The maximum absolute atomic E-state index is 12.2. The molecule has 0 aliphatic heterocycles. The lowest BCUT2D eigenvalue weighted by atomic mass is 10.2. The number of amides is 1. The van der Waals surface area contributed by atoms with Crippen LogP contribution in [0.15, 0.2) is 39.4 Å². The highest BCUT2D eigenvalue weighted by molar-refractivity contribution is 7.13. The smallest absolute Gasteiger partial charge is 0.316 e. The fourth-order valence-corrected chi connectivity index (χ4v) is 2.71. The molecule has 1 aromatic carbocycles. The summed E-state index contributed by atoms with van der Waals surface area (Å²) in [6.07, 6.45) is 1.60. The lowest BCUT2D eigenvalue weighted by Crippen LogP contribution is -2.36. The number of aryl methyl sites for hydroxylation is 1. The molecule has 112 valence electrons. The molecule has 3 rings (SSSR count). The van der Waals surface area contributed by atoms with Gasteiger partial charge < -0.3 is 9.55 Å². The minimum atomic E-state index is -0.702. The summed E-state index contributed by atoms with van der Waals surface area (Å²) < 4.78 is 1.37. The number of benzene rings is 1. The fraction of sp³-hybridized carbons (Fsp3) is 0.143. The Kier molecular flexibility index (Phi) is 3.60. The Morgan fingerprint density at radius 3 is 2.91 bits per heavy atom. The summed E-state index contributed by atoms with van der Waals surface area (Å²) in [4.78, 5) is 42.1. The minimum absolute atomic E-state index is 0.327. The molecular formula is C14H12N4O3S. The molecule has 0 aliphatic carbocycles. The topological polar surface area (TPSA) is 96.9 Å². The average Bonchev–Trinajstić information content (AvgIpc) is 3.01. The van der Waals surface area contributed by atoms with Crippen molar-refractivity contribution in [3.8, 4) is 0 Å². The zero-order valence-corrected chi connectivity index (χ0v) is 12.4. The lowest BCUT2D eigenvalue weighted by Gasteiger charge is -2.08. The second kappa shape index (κ2) is 5.57. The van der Waals surface area contributed by atoms with E-state index in [4.69, 9.17) is 0 Å². The highest BCUT2D eigenvalue weighted by Crippen LogP contribution is 2.15. The van der Waals surface area contributed by atoms with Crippen LogP contribution in [-0.4, -0.2) is 20.4 Å². The third-order valence-corrected chi connectivity index (χ3v) is 3.89. The highest BCUT2D eigenvalue weighted by Gasteiger charge is 2.11. The predicted molar refractivity (Wildman–Crippen MR) is 84.6 cm³/mol. The van der Waals surface area contributed by atoms with Crippen LogP contribution in [0.25, 0.3) is 11.0 Å². The normalized spacial score (nSPS) is 10.8. The minimum Gasteiger partial charge on any atom is -0.316 e. The monoisotopic (exact) mass is 316 g/mol. The maximum atomic E-state index is 12.2. The average molecular weight is 316 g/mol. The Hall–Kier alpha value is -2.74. The van der Waals surface area contributed by atoms with Crippen LogP contribution in [0.1, 0.15) is 17.3 Å². The van der Waals surface area contributed by atoms with Crippen molar-refractivity contribution in [2.75, 3.05) is 5.32 Å². The molecule has 8 heteroatoms. The molecule has 0 fully saturated rings. The van der Waals surface area contributed by atoms with Gasteiger partial charge in [0.1, 0.15) is 0 Å². The van der Waals surface area contributed by atoms with Crippen molar-refractivity contribution in [3.63, 3.8) is 0 Å². The first-order valence-electron chi connectivity index (χ1n) is 6.58. The van der Waals surface area contributed by atoms with Crippen LogP contribution < -0.4 is 16.4 Å². The lowest BCUT2D eigenvalue weighted by molar-refractivity contribution is 0.102. The number of hydrogen-bond donors (Lipinski definition) is 2. The number of fused-ring (bicyclic) bond motifs is 1. The van der Waals surface area contributed by atoms with Crippen molar-refractivity contribution < 1.29 is 4.79 Å². The van der Waals surface area contributed by atoms with E-state index in [2.05, 4.69) is 15.3 Å². The van der Waals surface area contributed by atoms with Crippen molar-refractivity contribution in [1.29, 1.82) is 0 Å². The van der Waals surface area contributed by atoms with E-state index in [-0.39, 0.29) is 5.91 Å². The number of H-pyrrole nitrogens is 1. The molecule has 0 bridgehead atoms. The molecule has 0 radical (unpaired) electrons. The van der Waals surface area contributed by atoms with E-state index in [0.717, 1.165) is 0 Å². The first kappa shape index (κ1) is 14.2. The van der Waals surface area contributed by atoms with Gasteiger partial charge in [0.25, 0.3) is 5.91 Å². The first-order chi connectivity index (χ1) is 10.6. The predicted octanol–water partition coefficient (Wildman–Crippen LogP) is 1.42. The summed E-state index contributed by atoms with van der Waals surface area (Å²) in [7, 11) is 0. The van der Waals surface area contributed by atoms with E-state index in [1.165, 1.54) is 15.9 Å². The van der Waals surface area contributed by atoms with Gasteiger partial charge in [0.15, 0.2) is 5.13 Å². The van der Waals surface area contributed by atoms with Gasteiger partial charge in [-0.3, -0.25) is 19.7 Å². The number of anilines is 1. The zero-order chi connectivity index (χ0) is 15.7. The molecule has 3 aromatic rings. The molecule has 2 aromatic heterocycles. The molecule has 2 N–H and O–H groups in total. The second-order valence-electron chi connectivity index (χ2n) is 4.53. The van der Waals surface area contributed by atoms with Crippen LogP contribution in [0.3, 0.4) is 0 Å². The van der Waals surface area contributed by atoms with Gasteiger partial charge >= 0.3 is 11.1 Å². The van der Waals surface area contributed by atoms with Gasteiger partial charge in [-0.05, 0) is 25.1 Å². The summed E-state index contributed by atoms with van der Waals surface area (Å²) in [6.45, 7) is 2.16. The van der Waals surface area contributed by atoms with Crippen molar-refractivity contribution in [2.24, 2.45) is 0 Å². The van der Waals surface area contributed by atoms with Gasteiger partial charge in [0.05, 0.1) is 11.0 Å². The van der Waals surface area contributed by atoms with Crippen LogP contribution in [-0.2, 0) is 6.54 Å². The molecule has 0 aliphatic rings. The van der Waals surface area contributed by atoms with Gasteiger partial charge in [0, 0.05) is 23.7 Å². The van der Waals surface area contributed by atoms with E-state index >= 15 is 0 Å². The largest absolute Gasteiger partial charge is 0.316 e. The number of carbonyl (C=O) groups excluding carboxylic acids is 1. The van der Waals surface area contributed by atoms with E-state index < -0.39 is 11.1 Å². The molecule has 0 spiro atoms. The number of rotatable bonds is 3. The van der Waals surface area contributed by atoms with Gasteiger partial charge in [-0.15, -0.1) is 11.3 Å². The number of nitrogens with zero attached hydrogens (tertiary/aromatic N) is 2. The van der Waals surface area contributed by atoms with Gasteiger partial charge in [-0.1, -0.05) is 0 Å².